The number of halogens is 5. The maximum atomic E-state index is 12.2. The summed E-state index contributed by atoms with van der Waals surface area (Å²) < 4.78 is 59.0. The van der Waals surface area contributed by atoms with E-state index < -0.39 is 37.0 Å². The van der Waals surface area contributed by atoms with Crippen LogP contribution in [-0.4, -0.2) is 29.2 Å². The SMILES string of the molecule is N[C@@H](CCC(F)(F)C(F)(F)F)C(=O)O. The van der Waals surface area contributed by atoms with Crippen LogP contribution < -0.4 is 5.73 Å². The molecular weight excluding hydrogens is 213 g/mol. The van der Waals surface area contributed by atoms with Crippen LogP contribution in [0.5, 0.6) is 0 Å². The lowest BCUT2D eigenvalue weighted by Crippen LogP contribution is -2.39. The summed E-state index contributed by atoms with van der Waals surface area (Å²) in [5, 5.41) is 8.13. The second kappa shape index (κ2) is 4.07. The van der Waals surface area contributed by atoms with Crippen molar-refractivity contribution in [2.75, 3.05) is 0 Å². The van der Waals surface area contributed by atoms with Crippen LogP contribution in [0.1, 0.15) is 12.8 Å². The molecule has 0 amide bonds. The molecule has 84 valence electrons. The molecule has 3 nitrogen and oxygen atoms in total. The summed E-state index contributed by atoms with van der Waals surface area (Å²) in [6, 6.07) is -1.71. The molecule has 1 atom stereocenters. The third-order valence-corrected chi connectivity index (χ3v) is 1.50. The number of rotatable bonds is 4. The molecule has 0 rings (SSSR count). The molecule has 0 heterocycles. The molecular formula is C6H8F5NO2. The van der Waals surface area contributed by atoms with E-state index >= 15 is 0 Å². The van der Waals surface area contributed by atoms with Crippen molar-refractivity contribution in [1.29, 1.82) is 0 Å². The van der Waals surface area contributed by atoms with Crippen molar-refractivity contribution in [2.24, 2.45) is 5.73 Å². The van der Waals surface area contributed by atoms with Gasteiger partial charge in [0, 0.05) is 6.42 Å². The molecule has 0 fully saturated rings. The van der Waals surface area contributed by atoms with Crippen molar-refractivity contribution >= 4 is 5.97 Å². The fraction of sp³-hybridized carbons (Fsp3) is 0.833. The van der Waals surface area contributed by atoms with E-state index in [1.54, 1.807) is 0 Å². The molecule has 0 aliphatic carbocycles. The van der Waals surface area contributed by atoms with Crippen LogP contribution in [-0.2, 0) is 4.79 Å². The zero-order valence-electron chi connectivity index (χ0n) is 6.81. The van der Waals surface area contributed by atoms with Crippen LogP contribution >= 0.6 is 0 Å². The minimum absolute atomic E-state index is 0.929. The molecule has 14 heavy (non-hydrogen) atoms. The Kier molecular flexibility index (Phi) is 3.81. The van der Waals surface area contributed by atoms with Gasteiger partial charge in [-0.25, -0.2) is 0 Å². The molecule has 0 aromatic heterocycles. The fourth-order valence-electron chi connectivity index (χ4n) is 0.602. The number of nitrogens with two attached hydrogens (primary N) is 1. The monoisotopic (exact) mass is 221 g/mol. The molecule has 0 unspecified atom stereocenters. The van der Waals surface area contributed by atoms with Crippen molar-refractivity contribution in [3.63, 3.8) is 0 Å². The van der Waals surface area contributed by atoms with E-state index in [0.717, 1.165) is 0 Å². The molecule has 0 saturated carbocycles. The number of carbonyl (C=O) groups is 1. The van der Waals surface area contributed by atoms with Gasteiger partial charge in [-0.1, -0.05) is 0 Å². The number of alkyl halides is 5. The Morgan fingerprint density at radius 2 is 1.71 bits per heavy atom. The Balaban J connectivity index is 4.20. The van der Waals surface area contributed by atoms with Gasteiger partial charge >= 0.3 is 18.1 Å². The summed E-state index contributed by atoms with van der Waals surface area (Å²) in [7, 11) is 0. The standard InChI is InChI=1S/C6H8F5NO2/c7-5(8,6(9,10)11)2-1-3(12)4(13)14/h3H,1-2,12H2,(H,13,14)/t3-/m0/s1. The predicted molar refractivity (Wildman–Crippen MR) is 35.8 cm³/mol. The van der Waals surface area contributed by atoms with E-state index in [2.05, 4.69) is 0 Å². The number of hydrogen-bond acceptors (Lipinski definition) is 2. The Bertz CT molecular complexity index is 215. The number of carboxylic acid groups (broad SMARTS) is 1. The Labute approximate surface area is 75.7 Å². The first-order valence-corrected chi connectivity index (χ1v) is 3.51. The van der Waals surface area contributed by atoms with Gasteiger partial charge in [-0.2, -0.15) is 22.0 Å². The van der Waals surface area contributed by atoms with Crippen LogP contribution in [0.3, 0.4) is 0 Å². The zero-order valence-corrected chi connectivity index (χ0v) is 6.81. The molecule has 3 N–H and O–H groups in total. The first-order chi connectivity index (χ1) is 6.08. The summed E-state index contributed by atoms with van der Waals surface area (Å²) in [6.45, 7) is 0. The summed E-state index contributed by atoms with van der Waals surface area (Å²) >= 11 is 0. The lowest BCUT2D eigenvalue weighted by Gasteiger charge is -2.19. The summed E-state index contributed by atoms with van der Waals surface area (Å²) in [5.74, 6) is -6.50. The van der Waals surface area contributed by atoms with Gasteiger partial charge in [-0.3, -0.25) is 4.79 Å². The largest absolute Gasteiger partial charge is 0.480 e. The van der Waals surface area contributed by atoms with Gasteiger partial charge in [0.05, 0.1) is 0 Å². The molecule has 0 spiro atoms. The second-order valence-electron chi connectivity index (χ2n) is 2.69. The third-order valence-electron chi connectivity index (χ3n) is 1.50. The molecule has 0 radical (unpaired) electrons. The van der Waals surface area contributed by atoms with Crippen molar-refractivity contribution in [3.05, 3.63) is 0 Å². The Hall–Kier alpha value is -0.920. The Morgan fingerprint density at radius 1 is 1.29 bits per heavy atom. The fourth-order valence-corrected chi connectivity index (χ4v) is 0.602. The van der Waals surface area contributed by atoms with Crippen molar-refractivity contribution in [2.45, 2.75) is 31.0 Å². The van der Waals surface area contributed by atoms with Gasteiger partial charge in [-0.15, -0.1) is 0 Å². The van der Waals surface area contributed by atoms with E-state index in [9.17, 15) is 26.7 Å². The summed E-state index contributed by atoms with van der Waals surface area (Å²) in [6.07, 6.45) is -8.21. The van der Waals surface area contributed by atoms with Crippen LogP contribution in [0, 0.1) is 0 Å². The van der Waals surface area contributed by atoms with Crippen LogP contribution in [0.2, 0.25) is 0 Å². The van der Waals surface area contributed by atoms with Gasteiger partial charge in [0.25, 0.3) is 0 Å². The van der Waals surface area contributed by atoms with Gasteiger partial charge in [0.15, 0.2) is 0 Å². The van der Waals surface area contributed by atoms with Gasteiger partial charge in [0.1, 0.15) is 6.04 Å². The van der Waals surface area contributed by atoms with Crippen LogP contribution in [0.25, 0.3) is 0 Å². The molecule has 0 aliphatic rings. The lowest BCUT2D eigenvalue weighted by atomic mass is 10.1. The predicted octanol–water partition coefficient (Wildman–Crippen LogP) is 1.38. The van der Waals surface area contributed by atoms with E-state index in [1.807, 2.05) is 0 Å². The van der Waals surface area contributed by atoms with Gasteiger partial charge in [-0.05, 0) is 6.42 Å². The molecule has 0 aromatic rings. The second-order valence-corrected chi connectivity index (χ2v) is 2.69. The van der Waals surface area contributed by atoms with E-state index in [-0.39, 0.29) is 0 Å². The van der Waals surface area contributed by atoms with Crippen molar-refractivity contribution < 1.29 is 31.9 Å². The maximum absolute atomic E-state index is 12.2. The number of hydrogen-bond donors (Lipinski definition) is 2. The zero-order chi connectivity index (χ0) is 11.6. The minimum Gasteiger partial charge on any atom is -0.480 e. The summed E-state index contributed by atoms with van der Waals surface area (Å²) in [5.41, 5.74) is 4.77. The first-order valence-electron chi connectivity index (χ1n) is 3.51. The van der Waals surface area contributed by atoms with Crippen molar-refractivity contribution in [3.8, 4) is 0 Å². The Morgan fingerprint density at radius 3 is 2.00 bits per heavy atom. The highest BCUT2D eigenvalue weighted by Crippen LogP contribution is 2.38. The smallest absolute Gasteiger partial charge is 0.453 e. The average molecular weight is 221 g/mol. The van der Waals surface area contributed by atoms with Crippen molar-refractivity contribution in [1.82, 2.24) is 0 Å². The highest BCUT2D eigenvalue weighted by molar-refractivity contribution is 5.72. The molecule has 8 heteroatoms. The normalized spacial score (nSPS) is 15.3. The summed E-state index contributed by atoms with van der Waals surface area (Å²) in [4.78, 5) is 10.0. The average Bonchev–Trinajstić information content (AvgIpc) is 1.97. The highest BCUT2D eigenvalue weighted by Gasteiger charge is 2.56. The lowest BCUT2D eigenvalue weighted by molar-refractivity contribution is -0.284. The molecule has 0 aliphatic heterocycles. The number of carboxylic acids is 1. The van der Waals surface area contributed by atoms with E-state index in [4.69, 9.17) is 10.8 Å². The number of aliphatic carboxylic acids is 1. The van der Waals surface area contributed by atoms with E-state index in [0.29, 0.717) is 0 Å². The highest BCUT2D eigenvalue weighted by atomic mass is 19.4. The van der Waals surface area contributed by atoms with Gasteiger partial charge in [0.2, 0.25) is 0 Å². The molecule has 0 bridgehead atoms. The quantitative estimate of drug-likeness (QED) is 0.705. The minimum atomic E-state index is -5.66. The maximum Gasteiger partial charge on any atom is 0.453 e. The van der Waals surface area contributed by atoms with Crippen LogP contribution in [0.4, 0.5) is 22.0 Å². The first kappa shape index (κ1) is 13.1. The van der Waals surface area contributed by atoms with Gasteiger partial charge < -0.3 is 10.8 Å². The topological polar surface area (TPSA) is 63.3 Å². The van der Waals surface area contributed by atoms with Crippen LogP contribution in [0.15, 0.2) is 0 Å². The molecule has 0 saturated heterocycles. The molecule has 0 aromatic carbocycles. The third kappa shape index (κ3) is 3.44. The van der Waals surface area contributed by atoms with E-state index in [1.165, 1.54) is 0 Å².